The third-order valence-electron chi connectivity index (χ3n) is 1.39. The minimum atomic E-state index is 0.153. The Labute approximate surface area is 62.5 Å². The molecular weight excluding hydrogens is 130 g/mol. The molecule has 2 N–H and O–H groups in total. The van der Waals surface area contributed by atoms with Gasteiger partial charge in [0.25, 0.3) is 0 Å². The lowest BCUT2D eigenvalue weighted by Crippen LogP contribution is -1.95. The Bertz CT molecular complexity index is 66.0. The van der Waals surface area contributed by atoms with Crippen LogP contribution in [-0.4, -0.2) is 6.47 Å². The van der Waals surface area contributed by atoms with Gasteiger partial charge in [-0.2, -0.15) is 5.90 Å². The lowest BCUT2D eigenvalue weighted by molar-refractivity contribution is -0.129. The van der Waals surface area contributed by atoms with Gasteiger partial charge in [0.15, 0.2) is 0 Å². The van der Waals surface area contributed by atoms with Crippen molar-refractivity contribution in [3.05, 3.63) is 0 Å². The molecule has 0 spiro atoms. The maximum Gasteiger partial charge on any atom is 0.312 e. The Morgan fingerprint density at radius 2 is 1.40 bits per heavy atom. The first kappa shape index (κ1) is 12.1. The number of rotatable bonds is 2. The second-order valence-corrected chi connectivity index (χ2v) is 2.72. The van der Waals surface area contributed by atoms with Crippen LogP contribution in [0.25, 0.3) is 0 Å². The van der Waals surface area contributed by atoms with Crippen molar-refractivity contribution in [1.29, 1.82) is 0 Å². The predicted octanol–water partition coefficient (Wildman–Crippen LogP) is 1.33. The van der Waals surface area contributed by atoms with Crippen LogP contribution in [0.4, 0.5) is 0 Å². The molecule has 0 unspecified atom stereocenters. The van der Waals surface area contributed by atoms with Crippen molar-refractivity contribution in [2.45, 2.75) is 27.7 Å². The molecule has 0 bridgehead atoms. The third kappa shape index (κ3) is 15.7. The topological polar surface area (TPSA) is 52.3 Å². The van der Waals surface area contributed by atoms with Gasteiger partial charge in [0.1, 0.15) is 0 Å². The third-order valence-corrected chi connectivity index (χ3v) is 1.39. The van der Waals surface area contributed by atoms with E-state index >= 15 is 0 Å². The van der Waals surface area contributed by atoms with E-state index in [2.05, 4.69) is 38.4 Å². The largest absolute Gasteiger partial charge is 0.376 e. The zero-order chi connectivity index (χ0) is 8.57. The summed E-state index contributed by atoms with van der Waals surface area (Å²) in [5, 5.41) is 0. The summed E-state index contributed by atoms with van der Waals surface area (Å²) in [5.41, 5.74) is 0. The van der Waals surface area contributed by atoms with E-state index in [9.17, 15) is 0 Å². The highest BCUT2D eigenvalue weighted by atomic mass is 16.6. The maximum atomic E-state index is 8.83. The van der Waals surface area contributed by atoms with Crippen molar-refractivity contribution >= 4 is 6.47 Å². The number of hydrogen-bond acceptors (Lipinski definition) is 3. The predicted molar refractivity (Wildman–Crippen MR) is 41.0 cm³/mol. The Morgan fingerprint density at radius 3 is 1.40 bits per heavy atom. The molecule has 0 rings (SSSR count). The van der Waals surface area contributed by atoms with Crippen LogP contribution in [0.5, 0.6) is 0 Å². The molecule has 0 fully saturated rings. The summed E-state index contributed by atoms with van der Waals surface area (Å²) < 4.78 is 0. The van der Waals surface area contributed by atoms with Gasteiger partial charge in [-0.05, 0) is 11.8 Å². The van der Waals surface area contributed by atoms with E-state index in [-0.39, 0.29) is 6.47 Å². The van der Waals surface area contributed by atoms with Crippen LogP contribution in [0.15, 0.2) is 0 Å². The van der Waals surface area contributed by atoms with Gasteiger partial charge in [-0.3, -0.25) is 4.79 Å². The lowest BCUT2D eigenvalue weighted by atomic mass is 10.0. The molecular formula is C7H17NO2. The fraction of sp³-hybridized carbons (Fsp3) is 0.857. The average Bonchev–Trinajstić information content (AvgIpc) is 1.89. The monoisotopic (exact) mass is 147 g/mol. The van der Waals surface area contributed by atoms with Crippen LogP contribution in [0.3, 0.4) is 0 Å². The van der Waals surface area contributed by atoms with Crippen LogP contribution in [-0.2, 0) is 9.63 Å². The lowest BCUT2D eigenvalue weighted by Gasteiger charge is -2.05. The quantitative estimate of drug-likeness (QED) is 0.473. The van der Waals surface area contributed by atoms with Crippen molar-refractivity contribution in [2.24, 2.45) is 17.7 Å². The molecule has 0 heterocycles. The second-order valence-electron chi connectivity index (χ2n) is 2.72. The van der Waals surface area contributed by atoms with Crippen molar-refractivity contribution < 1.29 is 9.63 Å². The molecule has 0 saturated carbocycles. The number of carbonyl (C=O) groups excluding carboxylic acids is 1. The standard InChI is InChI=1S/C6H14.CH3NO2/c1-5(2)6(3)4;2-4-1-3/h5-6H,1-4H3;1H,2H2. The summed E-state index contributed by atoms with van der Waals surface area (Å²) in [5.74, 6) is 5.86. The molecule has 0 amide bonds. The van der Waals surface area contributed by atoms with E-state index in [0.717, 1.165) is 11.8 Å². The smallest absolute Gasteiger partial charge is 0.312 e. The summed E-state index contributed by atoms with van der Waals surface area (Å²) in [4.78, 5) is 12.2. The van der Waals surface area contributed by atoms with Crippen molar-refractivity contribution in [3.8, 4) is 0 Å². The summed E-state index contributed by atoms with van der Waals surface area (Å²) in [6, 6.07) is 0. The molecule has 0 aliphatic rings. The molecule has 62 valence electrons. The molecule has 0 aliphatic heterocycles. The van der Waals surface area contributed by atoms with E-state index in [4.69, 9.17) is 4.79 Å². The minimum absolute atomic E-state index is 0.153. The molecule has 0 aromatic carbocycles. The molecule has 0 saturated heterocycles. The van der Waals surface area contributed by atoms with Crippen LogP contribution in [0, 0.1) is 11.8 Å². The van der Waals surface area contributed by atoms with Crippen LogP contribution in [0.2, 0.25) is 0 Å². The average molecular weight is 147 g/mol. The van der Waals surface area contributed by atoms with Gasteiger partial charge in [0.05, 0.1) is 0 Å². The maximum absolute atomic E-state index is 8.83. The molecule has 3 nitrogen and oxygen atoms in total. The summed E-state index contributed by atoms with van der Waals surface area (Å²) in [6.07, 6.45) is 0. The van der Waals surface area contributed by atoms with E-state index in [1.54, 1.807) is 0 Å². The Morgan fingerprint density at radius 1 is 1.20 bits per heavy atom. The van der Waals surface area contributed by atoms with Crippen LogP contribution >= 0.6 is 0 Å². The summed E-state index contributed by atoms with van der Waals surface area (Å²) in [7, 11) is 0. The van der Waals surface area contributed by atoms with Gasteiger partial charge in [0, 0.05) is 0 Å². The molecule has 10 heavy (non-hydrogen) atoms. The zero-order valence-corrected chi connectivity index (χ0v) is 7.13. The molecule has 0 aliphatic carbocycles. The van der Waals surface area contributed by atoms with Gasteiger partial charge in [-0.15, -0.1) is 0 Å². The minimum Gasteiger partial charge on any atom is -0.376 e. The Balaban J connectivity index is 0. The van der Waals surface area contributed by atoms with E-state index in [0.29, 0.717) is 0 Å². The SMILES string of the molecule is CC(C)C(C)C.NOC=O. The summed E-state index contributed by atoms with van der Waals surface area (Å²) >= 11 is 0. The van der Waals surface area contributed by atoms with Crippen molar-refractivity contribution in [2.75, 3.05) is 0 Å². The Kier molecular flexibility index (Phi) is 10.2. The number of hydrogen-bond donors (Lipinski definition) is 1. The van der Waals surface area contributed by atoms with E-state index in [1.807, 2.05) is 0 Å². The van der Waals surface area contributed by atoms with Crippen LogP contribution < -0.4 is 5.90 Å². The fourth-order valence-corrected chi connectivity index (χ4v) is 0. The highest BCUT2D eigenvalue weighted by molar-refractivity contribution is 5.35. The number of carbonyl (C=O) groups is 1. The summed E-state index contributed by atoms with van der Waals surface area (Å²) in [6.45, 7) is 9.12. The van der Waals surface area contributed by atoms with Crippen LogP contribution in [0.1, 0.15) is 27.7 Å². The molecule has 0 aromatic rings. The first-order chi connectivity index (χ1) is 4.56. The molecule has 0 aromatic heterocycles. The van der Waals surface area contributed by atoms with Gasteiger partial charge >= 0.3 is 6.47 Å². The first-order valence-corrected chi connectivity index (χ1v) is 3.35. The van der Waals surface area contributed by atoms with E-state index < -0.39 is 0 Å². The van der Waals surface area contributed by atoms with Crippen molar-refractivity contribution in [3.63, 3.8) is 0 Å². The molecule has 0 atom stereocenters. The highest BCUT2D eigenvalue weighted by Crippen LogP contribution is 2.05. The fourth-order valence-electron chi connectivity index (χ4n) is 0. The molecule has 0 radical (unpaired) electrons. The van der Waals surface area contributed by atoms with Gasteiger partial charge in [-0.1, -0.05) is 27.7 Å². The van der Waals surface area contributed by atoms with Crippen molar-refractivity contribution in [1.82, 2.24) is 0 Å². The van der Waals surface area contributed by atoms with Gasteiger partial charge < -0.3 is 4.84 Å². The second kappa shape index (κ2) is 8.43. The normalized spacial score (nSPS) is 8.70. The van der Waals surface area contributed by atoms with Gasteiger partial charge in [0.2, 0.25) is 0 Å². The zero-order valence-electron chi connectivity index (χ0n) is 7.13. The van der Waals surface area contributed by atoms with E-state index in [1.165, 1.54) is 0 Å². The highest BCUT2D eigenvalue weighted by Gasteiger charge is 1.95. The first-order valence-electron chi connectivity index (χ1n) is 3.35. The molecule has 3 heteroatoms. The number of nitrogens with two attached hydrogens (primary N) is 1. The Hall–Kier alpha value is -0.570. The van der Waals surface area contributed by atoms with Gasteiger partial charge in [-0.25, -0.2) is 0 Å².